The van der Waals surface area contributed by atoms with E-state index < -0.39 is 18.5 Å². The molecule has 32 heavy (non-hydrogen) atoms. The van der Waals surface area contributed by atoms with E-state index in [4.69, 9.17) is 11.6 Å². The smallest absolute Gasteiger partial charge is 0.254 e. The quantitative estimate of drug-likeness (QED) is 0.479. The number of hydrogen-bond acceptors (Lipinski definition) is 4. The Bertz CT molecular complexity index is 1330. The molecule has 0 saturated carbocycles. The number of rotatable bonds is 6. The monoisotopic (exact) mass is 452 g/mol. The Hall–Kier alpha value is -3.29. The van der Waals surface area contributed by atoms with Crippen LogP contribution in [0.15, 0.2) is 66.2 Å². The van der Waals surface area contributed by atoms with Gasteiger partial charge in [0.2, 0.25) is 0 Å². The van der Waals surface area contributed by atoms with Crippen molar-refractivity contribution in [3.05, 3.63) is 111 Å². The number of aliphatic hydroxyl groups excluding tert-OH is 1. The van der Waals surface area contributed by atoms with Crippen LogP contribution in [-0.2, 0) is 6.42 Å². The zero-order chi connectivity index (χ0) is 22.8. The highest BCUT2D eigenvalue weighted by Crippen LogP contribution is 2.22. The summed E-state index contributed by atoms with van der Waals surface area (Å²) in [7, 11) is 0. The molecule has 0 radical (unpaired) electrons. The molecule has 3 aromatic heterocycles. The molecule has 0 saturated heterocycles. The fourth-order valence-electron chi connectivity index (χ4n) is 3.84. The molecule has 0 unspecified atom stereocenters. The van der Waals surface area contributed by atoms with Gasteiger partial charge in [0.1, 0.15) is 5.82 Å². The number of nitrogens with zero attached hydrogens (tertiary/aromatic N) is 4. The number of aromatic nitrogens is 4. The van der Waals surface area contributed by atoms with E-state index in [1.807, 2.05) is 42.8 Å². The second-order valence-corrected chi connectivity index (χ2v) is 8.19. The van der Waals surface area contributed by atoms with Gasteiger partial charge in [-0.3, -0.25) is 9.78 Å². The molecule has 4 aromatic rings. The molecule has 0 amide bonds. The minimum absolute atomic E-state index is 0.301. The Morgan fingerprint density at radius 1 is 1.16 bits per heavy atom. The SMILES string of the molecule is Cc1cn(-c2ccc(Cc3cc(Cl)cn([C@@H](CO)c4cncc(F)c4)c3=O)cc2C)cn1. The lowest BCUT2D eigenvalue weighted by atomic mass is 10.0. The number of imidazole rings is 1. The van der Waals surface area contributed by atoms with Crippen molar-refractivity contribution in [2.75, 3.05) is 6.61 Å². The minimum atomic E-state index is -0.795. The minimum Gasteiger partial charge on any atom is -0.394 e. The lowest BCUT2D eigenvalue weighted by Crippen LogP contribution is -2.30. The Labute approximate surface area is 189 Å². The van der Waals surface area contributed by atoms with Gasteiger partial charge in [-0.2, -0.15) is 0 Å². The van der Waals surface area contributed by atoms with Crippen molar-refractivity contribution in [3.63, 3.8) is 0 Å². The molecule has 4 rings (SSSR count). The van der Waals surface area contributed by atoms with Gasteiger partial charge >= 0.3 is 0 Å². The topological polar surface area (TPSA) is 72.9 Å². The summed E-state index contributed by atoms with van der Waals surface area (Å²) in [5.41, 5.74) is 4.49. The molecule has 0 spiro atoms. The maximum absolute atomic E-state index is 13.7. The molecule has 0 aliphatic rings. The summed E-state index contributed by atoms with van der Waals surface area (Å²) in [5.74, 6) is -0.542. The highest BCUT2D eigenvalue weighted by molar-refractivity contribution is 6.30. The third-order valence-corrected chi connectivity index (χ3v) is 5.56. The van der Waals surface area contributed by atoms with Gasteiger partial charge < -0.3 is 14.2 Å². The average molecular weight is 453 g/mol. The van der Waals surface area contributed by atoms with Crippen LogP contribution in [-0.4, -0.2) is 30.8 Å². The van der Waals surface area contributed by atoms with Crippen molar-refractivity contribution in [2.24, 2.45) is 0 Å². The van der Waals surface area contributed by atoms with Crippen LogP contribution in [0.5, 0.6) is 0 Å². The van der Waals surface area contributed by atoms with Crippen LogP contribution in [0.2, 0.25) is 5.02 Å². The molecule has 3 heterocycles. The van der Waals surface area contributed by atoms with Gasteiger partial charge in [-0.25, -0.2) is 9.37 Å². The van der Waals surface area contributed by atoms with Gasteiger partial charge in [0.25, 0.3) is 5.56 Å². The molecule has 0 fully saturated rings. The summed E-state index contributed by atoms with van der Waals surface area (Å²) < 4.78 is 17.0. The number of aliphatic hydroxyl groups is 1. The van der Waals surface area contributed by atoms with Gasteiger partial charge in [-0.15, -0.1) is 0 Å². The van der Waals surface area contributed by atoms with Crippen LogP contribution >= 0.6 is 11.6 Å². The molecule has 1 atom stereocenters. The van der Waals surface area contributed by atoms with Gasteiger partial charge in [0.15, 0.2) is 0 Å². The van der Waals surface area contributed by atoms with Crippen molar-refractivity contribution < 1.29 is 9.50 Å². The standard InChI is InChI=1S/C24H22ClFN4O2/c1-15-5-17(3-4-22(15)29-11-16(2)28-14-29)6-18-7-20(25)12-30(24(18)32)23(13-31)19-8-21(26)10-27-9-19/h3-5,7-12,14,23,31H,6,13H2,1-2H3/t23-/m0/s1. The van der Waals surface area contributed by atoms with Crippen LogP contribution in [0.3, 0.4) is 0 Å². The van der Waals surface area contributed by atoms with Crippen molar-refractivity contribution in [1.82, 2.24) is 19.1 Å². The summed E-state index contributed by atoms with van der Waals surface area (Å²) >= 11 is 6.31. The summed E-state index contributed by atoms with van der Waals surface area (Å²) in [4.78, 5) is 21.3. The lowest BCUT2D eigenvalue weighted by Gasteiger charge is -2.19. The average Bonchev–Trinajstić information content (AvgIpc) is 3.18. The summed E-state index contributed by atoms with van der Waals surface area (Å²) in [6.45, 7) is 3.54. The van der Waals surface area contributed by atoms with Crippen molar-refractivity contribution in [2.45, 2.75) is 26.3 Å². The second-order valence-electron chi connectivity index (χ2n) is 7.75. The Kier molecular flexibility index (Phi) is 6.21. The maximum atomic E-state index is 13.7. The van der Waals surface area contributed by atoms with E-state index in [2.05, 4.69) is 9.97 Å². The lowest BCUT2D eigenvalue weighted by molar-refractivity contribution is 0.246. The third-order valence-electron chi connectivity index (χ3n) is 5.35. The van der Waals surface area contributed by atoms with E-state index in [0.717, 1.165) is 28.7 Å². The van der Waals surface area contributed by atoms with Gasteiger partial charge in [-0.1, -0.05) is 23.7 Å². The molecule has 6 nitrogen and oxygen atoms in total. The van der Waals surface area contributed by atoms with Crippen molar-refractivity contribution >= 4 is 11.6 Å². The first-order chi connectivity index (χ1) is 15.4. The molecule has 164 valence electrons. The van der Waals surface area contributed by atoms with E-state index in [1.54, 1.807) is 12.4 Å². The maximum Gasteiger partial charge on any atom is 0.254 e. The van der Waals surface area contributed by atoms with Crippen LogP contribution in [0, 0.1) is 19.7 Å². The second kappa shape index (κ2) is 9.06. The zero-order valence-corrected chi connectivity index (χ0v) is 18.4. The zero-order valence-electron chi connectivity index (χ0n) is 17.7. The number of aryl methyl sites for hydroxylation is 2. The van der Waals surface area contributed by atoms with E-state index >= 15 is 0 Å². The molecule has 0 aliphatic heterocycles. The molecule has 0 bridgehead atoms. The molecular formula is C24H22ClFN4O2. The number of benzene rings is 1. The predicted octanol–water partition coefficient (Wildman–Crippen LogP) is 4.01. The van der Waals surface area contributed by atoms with Gasteiger partial charge in [0.05, 0.1) is 35.9 Å². The first kappa shape index (κ1) is 21.9. The summed E-state index contributed by atoms with van der Waals surface area (Å²) in [6.07, 6.45) is 8.03. The van der Waals surface area contributed by atoms with Crippen molar-refractivity contribution in [3.8, 4) is 5.69 Å². The fourth-order valence-corrected chi connectivity index (χ4v) is 4.07. The molecule has 1 aromatic carbocycles. The number of pyridine rings is 2. The third kappa shape index (κ3) is 4.49. The first-order valence-electron chi connectivity index (χ1n) is 10.1. The van der Waals surface area contributed by atoms with Crippen LogP contribution in [0.4, 0.5) is 4.39 Å². The molecule has 1 N–H and O–H groups in total. The van der Waals surface area contributed by atoms with E-state index in [-0.39, 0.29) is 5.56 Å². The first-order valence-corrected chi connectivity index (χ1v) is 10.5. The van der Waals surface area contributed by atoms with Crippen molar-refractivity contribution in [1.29, 1.82) is 0 Å². The van der Waals surface area contributed by atoms with E-state index in [9.17, 15) is 14.3 Å². The van der Waals surface area contributed by atoms with Crippen LogP contribution < -0.4 is 5.56 Å². The Balaban J connectivity index is 1.69. The predicted molar refractivity (Wildman–Crippen MR) is 121 cm³/mol. The van der Waals surface area contributed by atoms with Gasteiger partial charge in [-0.05, 0) is 48.7 Å². The Morgan fingerprint density at radius 3 is 2.62 bits per heavy atom. The van der Waals surface area contributed by atoms with E-state index in [1.165, 1.54) is 23.0 Å². The fraction of sp³-hybridized carbons (Fsp3) is 0.208. The Morgan fingerprint density at radius 2 is 1.97 bits per heavy atom. The summed E-state index contributed by atoms with van der Waals surface area (Å²) in [6, 6.07) is 8.06. The van der Waals surface area contributed by atoms with Crippen LogP contribution in [0.25, 0.3) is 5.69 Å². The highest BCUT2D eigenvalue weighted by Gasteiger charge is 2.18. The largest absolute Gasteiger partial charge is 0.394 e. The summed E-state index contributed by atoms with van der Waals surface area (Å²) in [5, 5.41) is 10.3. The normalized spacial score (nSPS) is 12.2. The molecule has 0 aliphatic carbocycles. The number of halogens is 2. The van der Waals surface area contributed by atoms with Gasteiger partial charge in [0, 0.05) is 36.3 Å². The molecule has 8 heteroatoms. The highest BCUT2D eigenvalue weighted by atomic mass is 35.5. The van der Waals surface area contributed by atoms with Crippen LogP contribution in [0.1, 0.15) is 34.0 Å². The molecular weight excluding hydrogens is 431 g/mol. The number of hydrogen-bond donors (Lipinski definition) is 1. The van der Waals surface area contributed by atoms with E-state index in [0.29, 0.717) is 22.6 Å².